The molecule has 6 heteroatoms. The minimum absolute atomic E-state index is 0.00253. The summed E-state index contributed by atoms with van der Waals surface area (Å²) < 4.78 is 13.2. The third kappa shape index (κ3) is 6.87. The molecule has 2 aromatic rings. The number of nitrogens with one attached hydrogen (secondary N) is 2. The second kappa shape index (κ2) is 10.8. The molecule has 30 heavy (non-hydrogen) atoms. The van der Waals surface area contributed by atoms with Gasteiger partial charge in [-0.05, 0) is 48.7 Å². The summed E-state index contributed by atoms with van der Waals surface area (Å²) in [4.78, 5) is 18.4. The number of hydrogen-bond acceptors (Lipinski definition) is 2. The molecule has 0 aliphatic rings. The van der Waals surface area contributed by atoms with Crippen molar-refractivity contribution in [2.24, 2.45) is 4.99 Å². The maximum Gasteiger partial charge on any atom is 0.253 e. The van der Waals surface area contributed by atoms with Crippen molar-refractivity contribution in [3.63, 3.8) is 0 Å². The second-order valence-corrected chi connectivity index (χ2v) is 8.16. The van der Waals surface area contributed by atoms with Crippen LogP contribution in [0.15, 0.2) is 53.5 Å². The second-order valence-electron chi connectivity index (χ2n) is 8.16. The Morgan fingerprint density at radius 2 is 1.80 bits per heavy atom. The van der Waals surface area contributed by atoms with Gasteiger partial charge in [0.25, 0.3) is 5.91 Å². The molecule has 0 radical (unpaired) electrons. The number of guanidine groups is 1. The van der Waals surface area contributed by atoms with Gasteiger partial charge in [0.05, 0.1) is 6.54 Å². The molecule has 0 unspecified atom stereocenters. The van der Waals surface area contributed by atoms with Crippen molar-refractivity contribution >= 4 is 11.9 Å². The van der Waals surface area contributed by atoms with E-state index in [0.29, 0.717) is 18.7 Å². The molecule has 0 saturated heterocycles. The normalized spacial score (nSPS) is 11.9. The first kappa shape index (κ1) is 23.4. The summed E-state index contributed by atoms with van der Waals surface area (Å²) in [6.45, 7) is 8.25. The number of hydrogen-bond donors (Lipinski definition) is 2. The minimum atomic E-state index is -0.232. The largest absolute Gasteiger partial charge is 0.357 e. The van der Waals surface area contributed by atoms with Crippen molar-refractivity contribution in [2.45, 2.75) is 32.6 Å². The van der Waals surface area contributed by atoms with E-state index in [1.807, 2.05) is 43.3 Å². The van der Waals surface area contributed by atoms with Crippen molar-refractivity contribution in [2.75, 3.05) is 33.7 Å². The average Bonchev–Trinajstić information content (AvgIpc) is 2.72. The number of aliphatic imine (C=N–C) groups is 1. The lowest BCUT2D eigenvalue weighted by molar-refractivity contribution is 0.0827. The van der Waals surface area contributed by atoms with Crippen molar-refractivity contribution < 1.29 is 9.18 Å². The number of amides is 1. The molecule has 0 heterocycles. The molecule has 0 bridgehead atoms. The van der Waals surface area contributed by atoms with Crippen molar-refractivity contribution in [1.82, 2.24) is 15.5 Å². The van der Waals surface area contributed by atoms with Crippen molar-refractivity contribution in [1.29, 1.82) is 0 Å². The van der Waals surface area contributed by atoms with Crippen molar-refractivity contribution in [3.8, 4) is 0 Å². The van der Waals surface area contributed by atoms with Gasteiger partial charge in [-0.1, -0.05) is 38.1 Å². The smallest absolute Gasteiger partial charge is 0.253 e. The SMILES string of the molecule is CCNC(=NCC(C)(C)c1ccc(F)cc1)NCCc1cccc(C(=O)N(C)C)c1. The highest BCUT2D eigenvalue weighted by Gasteiger charge is 2.20. The van der Waals surface area contributed by atoms with E-state index in [1.165, 1.54) is 12.1 Å². The highest BCUT2D eigenvalue weighted by atomic mass is 19.1. The Bertz CT molecular complexity index is 860. The Morgan fingerprint density at radius 1 is 1.10 bits per heavy atom. The van der Waals surface area contributed by atoms with Crippen LogP contribution < -0.4 is 10.6 Å². The number of rotatable bonds is 8. The summed E-state index contributed by atoms with van der Waals surface area (Å²) >= 11 is 0. The standard InChI is InChI=1S/C24H33FN4O/c1-6-26-23(28-17-24(2,3)20-10-12-21(25)13-11-20)27-15-14-18-8-7-9-19(16-18)22(30)29(4)5/h7-13,16H,6,14-15,17H2,1-5H3,(H2,26,27,28). The summed E-state index contributed by atoms with van der Waals surface area (Å²) in [7, 11) is 3.51. The Hall–Kier alpha value is -2.89. The van der Waals surface area contributed by atoms with E-state index < -0.39 is 0 Å². The van der Waals surface area contributed by atoms with Crippen molar-refractivity contribution in [3.05, 3.63) is 71.0 Å². The zero-order valence-corrected chi connectivity index (χ0v) is 18.6. The monoisotopic (exact) mass is 412 g/mol. The predicted molar refractivity (Wildman–Crippen MR) is 122 cm³/mol. The Balaban J connectivity index is 1.98. The number of benzene rings is 2. The highest BCUT2D eigenvalue weighted by Crippen LogP contribution is 2.23. The fourth-order valence-corrected chi connectivity index (χ4v) is 3.05. The fourth-order valence-electron chi connectivity index (χ4n) is 3.05. The maximum absolute atomic E-state index is 13.2. The van der Waals surface area contributed by atoms with Crippen LogP contribution in [-0.2, 0) is 11.8 Å². The molecule has 0 atom stereocenters. The lowest BCUT2D eigenvalue weighted by Gasteiger charge is -2.24. The molecular weight excluding hydrogens is 379 g/mol. The molecule has 0 aliphatic heterocycles. The van der Waals surface area contributed by atoms with Crippen LogP contribution in [-0.4, -0.2) is 50.5 Å². The van der Waals surface area contributed by atoms with E-state index >= 15 is 0 Å². The molecule has 0 aromatic heterocycles. The zero-order chi connectivity index (χ0) is 22.1. The van der Waals surface area contributed by atoms with Crippen LogP contribution >= 0.6 is 0 Å². The van der Waals surface area contributed by atoms with Gasteiger partial charge in [-0.25, -0.2) is 4.39 Å². The zero-order valence-electron chi connectivity index (χ0n) is 18.6. The molecule has 5 nitrogen and oxygen atoms in total. The van der Waals surface area contributed by atoms with Crippen LogP contribution in [0.1, 0.15) is 42.3 Å². The summed E-state index contributed by atoms with van der Waals surface area (Å²) in [5, 5.41) is 6.62. The molecule has 0 spiro atoms. The van der Waals surface area contributed by atoms with Gasteiger partial charge in [-0.2, -0.15) is 0 Å². The van der Waals surface area contributed by atoms with E-state index in [1.54, 1.807) is 19.0 Å². The maximum atomic E-state index is 13.2. The van der Waals surface area contributed by atoms with Crippen LogP contribution in [0.5, 0.6) is 0 Å². The molecule has 0 saturated carbocycles. The van der Waals surface area contributed by atoms with Gasteiger partial charge >= 0.3 is 0 Å². The highest BCUT2D eigenvalue weighted by molar-refractivity contribution is 5.94. The Labute approximate surface area is 179 Å². The first-order valence-corrected chi connectivity index (χ1v) is 10.3. The Morgan fingerprint density at radius 3 is 2.43 bits per heavy atom. The summed E-state index contributed by atoms with van der Waals surface area (Å²) in [5.74, 6) is 0.514. The van der Waals surface area contributed by atoms with Crippen LogP contribution in [0.2, 0.25) is 0 Å². The average molecular weight is 413 g/mol. The lowest BCUT2D eigenvalue weighted by atomic mass is 9.85. The van der Waals surface area contributed by atoms with Crippen LogP contribution in [0.25, 0.3) is 0 Å². The first-order chi connectivity index (χ1) is 14.2. The Kier molecular flexibility index (Phi) is 8.39. The number of nitrogens with zero attached hydrogens (tertiary/aromatic N) is 2. The van der Waals surface area contributed by atoms with E-state index in [2.05, 4.69) is 24.5 Å². The van der Waals surface area contributed by atoms with Gasteiger partial charge in [0.2, 0.25) is 0 Å². The van der Waals surface area contributed by atoms with E-state index in [4.69, 9.17) is 4.99 Å². The number of carbonyl (C=O) groups excluding carboxylic acids is 1. The van der Waals surface area contributed by atoms with E-state index in [0.717, 1.165) is 30.1 Å². The predicted octanol–water partition coefficient (Wildman–Crippen LogP) is 3.60. The molecule has 1 amide bonds. The topological polar surface area (TPSA) is 56.7 Å². The summed E-state index contributed by atoms with van der Waals surface area (Å²) in [5.41, 5.74) is 2.62. The van der Waals surface area contributed by atoms with Crippen LogP contribution in [0, 0.1) is 5.82 Å². The van der Waals surface area contributed by atoms with Gasteiger partial charge in [0.15, 0.2) is 5.96 Å². The van der Waals surface area contributed by atoms with Gasteiger partial charge in [0.1, 0.15) is 5.82 Å². The van der Waals surface area contributed by atoms with Gasteiger partial charge in [-0.3, -0.25) is 9.79 Å². The summed E-state index contributed by atoms with van der Waals surface area (Å²) in [6, 6.07) is 14.3. The number of halogens is 1. The van der Waals surface area contributed by atoms with Crippen LogP contribution in [0.4, 0.5) is 4.39 Å². The molecule has 2 aromatic carbocycles. The third-order valence-electron chi connectivity index (χ3n) is 4.89. The van der Waals surface area contributed by atoms with Crippen LogP contribution in [0.3, 0.4) is 0 Å². The lowest BCUT2D eigenvalue weighted by Crippen LogP contribution is -2.39. The fraction of sp³-hybridized carbons (Fsp3) is 0.417. The van der Waals surface area contributed by atoms with Gasteiger partial charge in [0, 0.05) is 38.2 Å². The van der Waals surface area contributed by atoms with Gasteiger partial charge < -0.3 is 15.5 Å². The number of carbonyl (C=O) groups is 1. The minimum Gasteiger partial charge on any atom is -0.357 e. The molecule has 2 rings (SSSR count). The molecular formula is C24H33FN4O. The van der Waals surface area contributed by atoms with E-state index in [-0.39, 0.29) is 17.1 Å². The molecule has 0 aliphatic carbocycles. The van der Waals surface area contributed by atoms with Gasteiger partial charge in [-0.15, -0.1) is 0 Å². The summed E-state index contributed by atoms with van der Waals surface area (Å²) in [6.07, 6.45) is 0.778. The molecule has 162 valence electrons. The molecule has 0 fully saturated rings. The quantitative estimate of drug-likeness (QED) is 0.515. The first-order valence-electron chi connectivity index (χ1n) is 10.3. The van der Waals surface area contributed by atoms with E-state index in [9.17, 15) is 9.18 Å². The molecule has 2 N–H and O–H groups in total. The third-order valence-corrected chi connectivity index (χ3v) is 4.89.